The van der Waals surface area contributed by atoms with Gasteiger partial charge < -0.3 is 14.7 Å². The van der Waals surface area contributed by atoms with Gasteiger partial charge in [-0.25, -0.2) is 9.67 Å². The zero-order valence-electron chi connectivity index (χ0n) is 15.5. The lowest BCUT2D eigenvalue weighted by molar-refractivity contribution is -0.137. The molecule has 1 aromatic carbocycles. The summed E-state index contributed by atoms with van der Waals surface area (Å²) in [6, 6.07) is 7.79. The van der Waals surface area contributed by atoms with Crippen LogP contribution in [0.2, 0.25) is 0 Å². The van der Waals surface area contributed by atoms with Crippen molar-refractivity contribution in [1.29, 1.82) is 0 Å². The summed E-state index contributed by atoms with van der Waals surface area (Å²) in [5.74, 6) is -0.829. The maximum absolute atomic E-state index is 12.7. The molecule has 140 valence electrons. The van der Waals surface area contributed by atoms with Crippen molar-refractivity contribution in [3.8, 4) is 5.69 Å². The van der Waals surface area contributed by atoms with Crippen molar-refractivity contribution in [3.63, 3.8) is 0 Å². The molecule has 1 aromatic heterocycles. The summed E-state index contributed by atoms with van der Waals surface area (Å²) in [4.78, 5) is 29.1. The van der Waals surface area contributed by atoms with Gasteiger partial charge >= 0.3 is 5.97 Å². The molecule has 1 N–H and O–H groups in total. The Morgan fingerprint density at radius 1 is 1.31 bits per heavy atom. The monoisotopic (exact) mass is 360 g/mol. The number of hydrogen-bond donors (Lipinski definition) is 1. The number of hydrogen-bond acceptors (Lipinski definition) is 5. The van der Waals surface area contributed by atoms with Crippen molar-refractivity contribution < 1.29 is 19.4 Å². The van der Waals surface area contributed by atoms with Crippen LogP contribution in [0, 0.1) is 6.92 Å². The fourth-order valence-corrected chi connectivity index (χ4v) is 2.64. The molecule has 26 heavy (non-hydrogen) atoms. The lowest BCUT2D eigenvalue weighted by Crippen LogP contribution is -2.38. The molecule has 0 spiro atoms. The van der Waals surface area contributed by atoms with Crippen LogP contribution >= 0.6 is 0 Å². The molecule has 8 nitrogen and oxygen atoms in total. The summed E-state index contributed by atoms with van der Waals surface area (Å²) in [7, 11) is 1.49. The molecule has 2 aromatic rings. The van der Waals surface area contributed by atoms with Crippen molar-refractivity contribution >= 4 is 11.9 Å². The second-order valence-electron chi connectivity index (χ2n) is 6.22. The van der Waals surface area contributed by atoms with Crippen LogP contribution in [0.5, 0.6) is 0 Å². The summed E-state index contributed by atoms with van der Waals surface area (Å²) in [5, 5.41) is 13.4. The second-order valence-corrected chi connectivity index (χ2v) is 6.22. The predicted octanol–water partition coefficient (Wildman–Crippen LogP) is 1.87. The second kappa shape index (κ2) is 8.57. The van der Waals surface area contributed by atoms with E-state index in [0.717, 1.165) is 11.3 Å². The van der Waals surface area contributed by atoms with Gasteiger partial charge in [0.25, 0.3) is 5.91 Å². The van der Waals surface area contributed by atoms with Crippen LogP contribution in [0.3, 0.4) is 0 Å². The number of carboxylic acid groups (broad SMARTS) is 1. The largest absolute Gasteiger partial charge is 0.480 e. The molecule has 0 unspecified atom stereocenters. The van der Waals surface area contributed by atoms with Gasteiger partial charge in [-0.15, -0.1) is 5.10 Å². The van der Waals surface area contributed by atoms with E-state index in [1.165, 1.54) is 12.0 Å². The molecular formula is C18H24N4O4. The fourth-order valence-electron chi connectivity index (χ4n) is 2.64. The number of aryl methyl sites for hydroxylation is 1. The first-order chi connectivity index (χ1) is 12.3. The van der Waals surface area contributed by atoms with Crippen LogP contribution in [0.4, 0.5) is 0 Å². The highest BCUT2D eigenvalue weighted by Crippen LogP contribution is 2.23. The molecular weight excluding hydrogens is 336 g/mol. The van der Waals surface area contributed by atoms with Gasteiger partial charge in [0.05, 0.1) is 12.3 Å². The third kappa shape index (κ3) is 4.45. The van der Waals surface area contributed by atoms with Crippen molar-refractivity contribution in [3.05, 3.63) is 41.5 Å². The van der Waals surface area contributed by atoms with E-state index in [4.69, 9.17) is 9.84 Å². The molecule has 0 aliphatic heterocycles. The van der Waals surface area contributed by atoms with E-state index >= 15 is 0 Å². The molecule has 8 heteroatoms. The molecule has 0 fully saturated rings. The molecule has 0 atom stereocenters. The number of benzene rings is 1. The lowest BCUT2D eigenvalue weighted by Gasteiger charge is -2.18. The number of aromatic nitrogens is 3. The van der Waals surface area contributed by atoms with E-state index in [9.17, 15) is 9.59 Å². The Balaban J connectivity index is 2.37. The highest BCUT2D eigenvalue weighted by Gasteiger charge is 2.24. The smallest absolute Gasteiger partial charge is 0.323 e. The van der Waals surface area contributed by atoms with Crippen LogP contribution in [0.15, 0.2) is 24.3 Å². The van der Waals surface area contributed by atoms with Gasteiger partial charge in [0.15, 0.2) is 0 Å². The molecule has 0 saturated heterocycles. The number of carbonyl (C=O) groups excluding carboxylic acids is 1. The minimum atomic E-state index is -1.10. The molecule has 0 bridgehead atoms. The van der Waals surface area contributed by atoms with Crippen molar-refractivity contribution in [2.45, 2.75) is 26.7 Å². The Bertz CT molecular complexity index is 785. The zero-order valence-corrected chi connectivity index (χ0v) is 15.5. The highest BCUT2D eigenvalue weighted by atomic mass is 16.5. The van der Waals surface area contributed by atoms with Crippen LogP contribution in [0.1, 0.15) is 41.8 Å². The van der Waals surface area contributed by atoms with Gasteiger partial charge in [-0.3, -0.25) is 9.59 Å². The average molecular weight is 360 g/mol. The Morgan fingerprint density at radius 2 is 2.00 bits per heavy atom. The summed E-state index contributed by atoms with van der Waals surface area (Å²) >= 11 is 0. The normalized spacial score (nSPS) is 11.0. The first kappa shape index (κ1) is 19.6. The van der Waals surface area contributed by atoms with Crippen LogP contribution in [-0.2, 0) is 9.53 Å². The zero-order chi connectivity index (χ0) is 19.3. The third-order valence-electron chi connectivity index (χ3n) is 3.93. The minimum absolute atomic E-state index is 0.0292. The molecule has 1 amide bonds. The van der Waals surface area contributed by atoms with Gasteiger partial charge in [-0.2, -0.15) is 0 Å². The van der Waals surface area contributed by atoms with E-state index in [2.05, 4.69) is 23.9 Å². The summed E-state index contributed by atoms with van der Waals surface area (Å²) in [6.45, 7) is 5.87. The van der Waals surface area contributed by atoms with Crippen LogP contribution < -0.4 is 0 Å². The maximum Gasteiger partial charge on any atom is 0.323 e. The minimum Gasteiger partial charge on any atom is -0.480 e. The summed E-state index contributed by atoms with van der Waals surface area (Å²) < 4.78 is 6.57. The number of carbonyl (C=O) groups is 2. The van der Waals surface area contributed by atoms with Crippen LogP contribution in [-0.4, -0.2) is 63.5 Å². The van der Waals surface area contributed by atoms with E-state index in [0.29, 0.717) is 5.82 Å². The number of para-hydroxylation sites is 1. The molecule has 1 heterocycles. The Labute approximate surface area is 152 Å². The van der Waals surface area contributed by atoms with E-state index in [-0.39, 0.29) is 24.9 Å². The van der Waals surface area contributed by atoms with E-state index < -0.39 is 18.4 Å². The van der Waals surface area contributed by atoms with Crippen molar-refractivity contribution in [2.24, 2.45) is 0 Å². The number of carboxylic acids is 1. The molecule has 0 radical (unpaired) electrons. The molecule has 0 saturated carbocycles. The number of ether oxygens (including phenoxy) is 1. The quantitative estimate of drug-likeness (QED) is 0.772. The van der Waals surface area contributed by atoms with Crippen molar-refractivity contribution in [2.75, 3.05) is 26.8 Å². The average Bonchev–Trinajstić information content (AvgIpc) is 2.99. The van der Waals surface area contributed by atoms with E-state index in [1.807, 2.05) is 24.3 Å². The lowest BCUT2D eigenvalue weighted by atomic mass is 10.0. The van der Waals surface area contributed by atoms with Gasteiger partial charge in [0, 0.05) is 13.7 Å². The van der Waals surface area contributed by atoms with Gasteiger partial charge in [0.2, 0.25) is 5.82 Å². The number of methoxy groups -OCH3 is 1. The van der Waals surface area contributed by atoms with Gasteiger partial charge in [0.1, 0.15) is 12.4 Å². The Kier molecular flexibility index (Phi) is 6.46. The van der Waals surface area contributed by atoms with Crippen molar-refractivity contribution in [1.82, 2.24) is 19.7 Å². The maximum atomic E-state index is 12.7. The topological polar surface area (TPSA) is 97.5 Å². The summed E-state index contributed by atoms with van der Waals surface area (Å²) in [5.41, 5.74) is 1.94. The molecule has 0 aliphatic carbocycles. The first-order valence-electron chi connectivity index (χ1n) is 8.38. The van der Waals surface area contributed by atoms with E-state index in [1.54, 1.807) is 11.6 Å². The standard InChI is InChI=1S/C18H24N4O4/c1-12(2)14-7-5-6-8-15(14)22-13(3)19-17(20-22)18(25)21(9-10-26-4)11-16(23)24/h5-8,12H,9-11H2,1-4H3,(H,23,24). The third-order valence-corrected chi connectivity index (χ3v) is 3.93. The SMILES string of the molecule is COCCN(CC(=O)O)C(=O)c1nc(C)n(-c2ccccc2C(C)C)n1. The van der Waals surface area contributed by atoms with Crippen LogP contribution in [0.25, 0.3) is 5.69 Å². The first-order valence-corrected chi connectivity index (χ1v) is 8.38. The fraction of sp³-hybridized carbons (Fsp3) is 0.444. The van der Waals surface area contributed by atoms with Gasteiger partial charge in [-0.1, -0.05) is 32.0 Å². The summed E-state index contributed by atoms with van der Waals surface area (Å²) in [6.07, 6.45) is 0. The number of nitrogens with zero attached hydrogens (tertiary/aromatic N) is 4. The Hall–Kier alpha value is -2.74. The number of rotatable bonds is 8. The predicted molar refractivity (Wildman–Crippen MR) is 95.6 cm³/mol. The Morgan fingerprint density at radius 3 is 2.62 bits per heavy atom. The number of amides is 1. The number of aliphatic carboxylic acids is 1. The molecule has 2 rings (SSSR count). The van der Waals surface area contributed by atoms with Gasteiger partial charge in [-0.05, 0) is 24.5 Å². The molecule has 0 aliphatic rings. The highest BCUT2D eigenvalue weighted by molar-refractivity contribution is 5.92.